The molecular formula is C18H14Cl2N2O. The number of halogens is 2. The van der Waals surface area contributed by atoms with Crippen molar-refractivity contribution in [1.29, 1.82) is 0 Å². The van der Waals surface area contributed by atoms with Crippen LogP contribution in [0.25, 0.3) is 10.8 Å². The van der Waals surface area contributed by atoms with Gasteiger partial charge in [-0.15, -0.1) is 0 Å². The first-order valence-electron chi connectivity index (χ1n) is 7.10. The minimum absolute atomic E-state index is 0.271. The molecule has 0 aliphatic heterocycles. The number of fused-ring (bicyclic) bond motifs is 1. The van der Waals surface area contributed by atoms with Crippen molar-refractivity contribution in [1.82, 2.24) is 5.32 Å². The molecule has 0 bridgehead atoms. The van der Waals surface area contributed by atoms with Crippen molar-refractivity contribution < 1.29 is 4.79 Å². The quantitative estimate of drug-likeness (QED) is 0.649. The van der Waals surface area contributed by atoms with E-state index < -0.39 is 0 Å². The molecule has 0 heterocycles. The molecule has 3 aromatic rings. The highest BCUT2D eigenvalue weighted by molar-refractivity contribution is 6.42. The Morgan fingerprint density at radius 2 is 1.70 bits per heavy atom. The van der Waals surface area contributed by atoms with E-state index in [9.17, 15) is 4.79 Å². The van der Waals surface area contributed by atoms with Crippen LogP contribution < -0.4 is 10.6 Å². The molecule has 0 unspecified atom stereocenters. The maximum atomic E-state index is 12.1. The number of anilines is 1. The predicted octanol–water partition coefficient (Wildman–Crippen LogP) is 5.47. The van der Waals surface area contributed by atoms with Gasteiger partial charge in [-0.2, -0.15) is 0 Å². The van der Waals surface area contributed by atoms with Crippen molar-refractivity contribution in [3.05, 3.63) is 76.3 Å². The first-order chi connectivity index (χ1) is 11.1. The second-order valence-electron chi connectivity index (χ2n) is 5.08. The summed E-state index contributed by atoms with van der Waals surface area (Å²) >= 11 is 11.8. The second-order valence-corrected chi connectivity index (χ2v) is 5.90. The third-order valence-corrected chi connectivity index (χ3v) is 4.21. The van der Waals surface area contributed by atoms with Gasteiger partial charge in [0.15, 0.2) is 0 Å². The molecule has 3 aromatic carbocycles. The maximum Gasteiger partial charge on any atom is 0.319 e. The standard InChI is InChI=1S/C18H14Cl2N2O/c19-15-9-8-12(10-16(15)20)11-21-18(23)22-17-7-3-5-13-4-1-2-6-14(13)17/h1-10H,11H2,(H2,21,22,23). The lowest BCUT2D eigenvalue weighted by atomic mass is 10.1. The fourth-order valence-electron chi connectivity index (χ4n) is 2.33. The van der Waals surface area contributed by atoms with Crippen LogP contribution >= 0.6 is 23.2 Å². The van der Waals surface area contributed by atoms with Crippen LogP contribution in [0.1, 0.15) is 5.56 Å². The largest absolute Gasteiger partial charge is 0.334 e. The summed E-state index contributed by atoms with van der Waals surface area (Å²) in [6.45, 7) is 0.369. The van der Waals surface area contributed by atoms with Crippen LogP contribution in [0.4, 0.5) is 10.5 Å². The molecule has 0 radical (unpaired) electrons. The van der Waals surface area contributed by atoms with E-state index in [2.05, 4.69) is 10.6 Å². The van der Waals surface area contributed by atoms with Gasteiger partial charge < -0.3 is 10.6 Å². The molecule has 0 aliphatic rings. The lowest BCUT2D eigenvalue weighted by Gasteiger charge is -2.10. The predicted molar refractivity (Wildman–Crippen MR) is 96.3 cm³/mol. The zero-order valence-corrected chi connectivity index (χ0v) is 13.7. The SMILES string of the molecule is O=C(NCc1ccc(Cl)c(Cl)c1)Nc1cccc2ccccc12. The van der Waals surface area contributed by atoms with Crippen molar-refractivity contribution in [2.75, 3.05) is 5.32 Å². The Morgan fingerprint density at radius 3 is 2.52 bits per heavy atom. The Bertz CT molecular complexity index is 859. The van der Waals surface area contributed by atoms with Gasteiger partial charge in [0.1, 0.15) is 0 Å². The molecule has 0 aromatic heterocycles. The van der Waals surface area contributed by atoms with Crippen LogP contribution in [-0.2, 0) is 6.54 Å². The summed E-state index contributed by atoms with van der Waals surface area (Å²) in [6.07, 6.45) is 0. The smallest absolute Gasteiger partial charge is 0.319 e. The number of hydrogen-bond donors (Lipinski definition) is 2. The van der Waals surface area contributed by atoms with E-state index in [0.29, 0.717) is 16.6 Å². The number of urea groups is 1. The van der Waals surface area contributed by atoms with Gasteiger partial charge >= 0.3 is 6.03 Å². The second kappa shape index (κ2) is 6.90. The molecular weight excluding hydrogens is 331 g/mol. The Kier molecular flexibility index (Phi) is 4.70. The van der Waals surface area contributed by atoms with E-state index in [1.54, 1.807) is 12.1 Å². The van der Waals surface area contributed by atoms with Crippen molar-refractivity contribution in [2.24, 2.45) is 0 Å². The average Bonchev–Trinajstić information content (AvgIpc) is 2.56. The minimum atomic E-state index is -0.271. The van der Waals surface area contributed by atoms with Crippen LogP contribution in [0.2, 0.25) is 10.0 Å². The molecule has 0 fully saturated rings. The van der Waals surface area contributed by atoms with E-state index in [1.807, 2.05) is 48.5 Å². The maximum absolute atomic E-state index is 12.1. The Hall–Kier alpha value is -2.23. The fraction of sp³-hybridized carbons (Fsp3) is 0.0556. The van der Waals surface area contributed by atoms with Gasteiger partial charge in [0, 0.05) is 11.9 Å². The van der Waals surface area contributed by atoms with Crippen molar-refractivity contribution in [2.45, 2.75) is 6.54 Å². The highest BCUT2D eigenvalue weighted by atomic mass is 35.5. The zero-order valence-electron chi connectivity index (χ0n) is 12.1. The molecule has 3 nitrogen and oxygen atoms in total. The van der Waals surface area contributed by atoms with Gasteiger partial charge in [0.25, 0.3) is 0 Å². The third-order valence-electron chi connectivity index (χ3n) is 3.47. The van der Waals surface area contributed by atoms with Gasteiger partial charge in [-0.25, -0.2) is 4.79 Å². The first-order valence-corrected chi connectivity index (χ1v) is 7.85. The van der Waals surface area contributed by atoms with Gasteiger partial charge in [0.2, 0.25) is 0 Å². The summed E-state index contributed by atoms with van der Waals surface area (Å²) < 4.78 is 0. The van der Waals surface area contributed by atoms with Crippen LogP contribution in [0.15, 0.2) is 60.7 Å². The van der Waals surface area contributed by atoms with Crippen LogP contribution in [-0.4, -0.2) is 6.03 Å². The monoisotopic (exact) mass is 344 g/mol. The number of carbonyl (C=O) groups is 1. The van der Waals surface area contributed by atoms with E-state index in [-0.39, 0.29) is 6.03 Å². The van der Waals surface area contributed by atoms with Gasteiger partial charge in [0.05, 0.1) is 15.7 Å². The van der Waals surface area contributed by atoms with E-state index in [0.717, 1.165) is 22.0 Å². The van der Waals surface area contributed by atoms with Crippen LogP contribution in [0.5, 0.6) is 0 Å². The molecule has 0 saturated heterocycles. The molecule has 0 atom stereocenters. The number of benzene rings is 3. The molecule has 116 valence electrons. The number of carbonyl (C=O) groups excluding carboxylic acids is 1. The minimum Gasteiger partial charge on any atom is -0.334 e. The summed E-state index contributed by atoms with van der Waals surface area (Å²) in [5.41, 5.74) is 1.65. The van der Waals surface area contributed by atoms with E-state index in [4.69, 9.17) is 23.2 Å². The molecule has 3 rings (SSSR count). The number of amides is 2. The topological polar surface area (TPSA) is 41.1 Å². The summed E-state index contributed by atoms with van der Waals surface area (Å²) in [5.74, 6) is 0. The molecule has 0 aliphatic carbocycles. The summed E-state index contributed by atoms with van der Waals surface area (Å²) in [4.78, 5) is 12.1. The number of rotatable bonds is 3. The Balaban J connectivity index is 1.68. The number of hydrogen-bond acceptors (Lipinski definition) is 1. The highest BCUT2D eigenvalue weighted by Gasteiger charge is 2.06. The lowest BCUT2D eigenvalue weighted by Crippen LogP contribution is -2.28. The first kappa shape index (κ1) is 15.7. The summed E-state index contributed by atoms with van der Waals surface area (Å²) in [6, 6.07) is 18.7. The van der Waals surface area contributed by atoms with E-state index >= 15 is 0 Å². The van der Waals surface area contributed by atoms with Gasteiger partial charge in [-0.1, -0.05) is 65.7 Å². The molecule has 5 heteroatoms. The molecule has 0 spiro atoms. The average molecular weight is 345 g/mol. The number of nitrogens with one attached hydrogen (secondary N) is 2. The highest BCUT2D eigenvalue weighted by Crippen LogP contribution is 2.23. The van der Waals surface area contributed by atoms with Gasteiger partial charge in [-0.05, 0) is 29.1 Å². The fourth-order valence-corrected chi connectivity index (χ4v) is 2.65. The normalized spacial score (nSPS) is 10.5. The molecule has 2 N–H and O–H groups in total. The van der Waals surface area contributed by atoms with Crippen LogP contribution in [0, 0.1) is 0 Å². The molecule has 23 heavy (non-hydrogen) atoms. The van der Waals surface area contributed by atoms with E-state index in [1.165, 1.54) is 0 Å². The van der Waals surface area contributed by atoms with Crippen LogP contribution in [0.3, 0.4) is 0 Å². The lowest BCUT2D eigenvalue weighted by molar-refractivity contribution is 0.252. The van der Waals surface area contributed by atoms with Crippen molar-refractivity contribution in [3.8, 4) is 0 Å². The summed E-state index contributed by atoms with van der Waals surface area (Å²) in [7, 11) is 0. The zero-order chi connectivity index (χ0) is 16.2. The third kappa shape index (κ3) is 3.76. The summed E-state index contributed by atoms with van der Waals surface area (Å²) in [5, 5.41) is 8.73. The van der Waals surface area contributed by atoms with Crippen molar-refractivity contribution in [3.63, 3.8) is 0 Å². The van der Waals surface area contributed by atoms with Crippen molar-refractivity contribution >= 4 is 45.7 Å². The molecule has 2 amide bonds. The molecule has 0 saturated carbocycles. The Morgan fingerprint density at radius 1 is 0.913 bits per heavy atom. The Labute approximate surface area is 144 Å². The van der Waals surface area contributed by atoms with Gasteiger partial charge in [-0.3, -0.25) is 0 Å².